The lowest BCUT2D eigenvalue weighted by molar-refractivity contribution is 0.590. The molecule has 0 aliphatic heterocycles. The molecule has 0 saturated heterocycles. The maximum Gasteiger partial charge on any atom is 0.269 e. The van der Waals surface area contributed by atoms with Gasteiger partial charge < -0.3 is 10.6 Å². The van der Waals surface area contributed by atoms with Crippen molar-refractivity contribution < 1.29 is 0 Å². The van der Waals surface area contributed by atoms with Crippen LogP contribution in [-0.4, -0.2) is 39.7 Å². The van der Waals surface area contributed by atoms with Gasteiger partial charge in [0, 0.05) is 33.3 Å². The molecule has 0 aliphatic rings. The monoisotopic (exact) mass is 276 g/mol. The molecular weight excluding hydrogens is 256 g/mol. The van der Waals surface area contributed by atoms with Crippen LogP contribution >= 0.6 is 0 Å². The zero-order valence-corrected chi connectivity index (χ0v) is 12.1. The number of anilines is 1. The van der Waals surface area contributed by atoms with Gasteiger partial charge in [0.05, 0.1) is 29.8 Å². The normalized spacial score (nSPS) is 10.8. The highest BCUT2D eigenvalue weighted by atomic mass is 16.1. The number of hydrogen-bond donors (Lipinski definition) is 1. The van der Waals surface area contributed by atoms with Gasteiger partial charge in [-0.05, 0) is 13.0 Å². The van der Waals surface area contributed by atoms with Crippen molar-refractivity contribution in [3.05, 3.63) is 40.1 Å². The Kier molecular flexibility index (Phi) is 4.19. The molecule has 7 nitrogen and oxygen atoms in total. The Morgan fingerprint density at radius 3 is 2.70 bits per heavy atom. The third kappa shape index (κ3) is 3.05. The molecule has 0 radical (unpaired) electrons. The number of likely N-dealkylation sites (N-methyl/N-ethyl adjacent to an activating group) is 1. The second kappa shape index (κ2) is 5.87. The lowest BCUT2D eigenvalue weighted by Gasteiger charge is -2.17. The molecule has 2 aromatic rings. The summed E-state index contributed by atoms with van der Waals surface area (Å²) in [5.74, 6) is 0. The van der Waals surface area contributed by atoms with Gasteiger partial charge in [-0.1, -0.05) is 0 Å². The van der Waals surface area contributed by atoms with E-state index in [2.05, 4.69) is 10.2 Å². The summed E-state index contributed by atoms with van der Waals surface area (Å²) in [5, 5.41) is 8.47. The summed E-state index contributed by atoms with van der Waals surface area (Å²) in [6.07, 6.45) is 1.68. The largest absolute Gasteiger partial charge is 0.372 e. The summed E-state index contributed by atoms with van der Waals surface area (Å²) in [6, 6.07) is 3.52. The van der Waals surface area contributed by atoms with E-state index in [0.29, 0.717) is 19.6 Å². The molecule has 2 aromatic heterocycles. The zero-order chi connectivity index (χ0) is 14.7. The van der Waals surface area contributed by atoms with E-state index in [4.69, 9.17) is 5.73 Å². The fourth-order valence-corrected chi connectivity index (χ4v) is 2.04. The highest BCUT2D eigenvalue weighted by Crippen LogP contribution is 2.07. The van der Waals surface area contributed by atoms with Crippen molar-refractivity contribution in [3.8, 4) is 0 Å². The van der Waals surface area contributed by atoms with E-state index in [0.717, 1.165) is 17.1 Å². The molecule has 0 amide bonds. The predicted molar refractivity (Wildman–Crippen MR) is 77.9 cm³/mol. The minimum Gasteiger partial charge on any atom is -0.372 e. The number of aryl methyl sites for hydroxylation is 2. The fourth-order valence-electron chi connectivity index (χ4n) is 2.04. The molecule has 0 saturated carbocycles. The summed E-state index contributed by atoms with van der Waals surface area (Å²) >= 11 is 0. The van der Waals surface area contributed by atoms with Gasteiger partial charge >= 0.3 is 0 Å². The van der Waals surface area contributed by atoms with Crippen molar-refractivity contribution in [2.45, 2.75) is 13.5 Å². The Morgan fingerprint density at radius 1 is 1.40 bits per heavy atom. The highest BCUT2D eigenvalue weighted by molar-refractivity contribution is 5.41. The van der Waals surface area contributed by atoms with Gasteiger partial charge in [-0.15, -0.1) is 0 Å². The molecule has 0 bridgehead atoms. The molecule has 0 aromatic carbocycles. The maximum absolute atomic E-state index is 12.1. The van der Waals surface area contributed by atoms with Gasteiger partial charge in [0.15, 0.2) is 0 Å². The third-order valence-electron chi connectivity index (χ3n) is 3.17. The van der Waals surface area contributed by atoms with Crippen molar-refractivity contribution in [3.63, 3.8) is 0 Å². The number of rotatable bonds is 5. The SMILES string of the molecule is Cc1cc(Cn2ncc(N(C)CCN)cc2=O)n(C)n1. The Bertz CT molecular complexity index is 645. The average Bonchev–Trinajstić information content (AvgIpc) is 2.70. The lowest BCUT2D eigenvalue weighted by Crippen LogP contribution is -2.29. The fraction of sp³-hybridized carbons (Fsp3) is 0.462. The molecule has 0 unspecified atom stereocenters. The number of nitrogens with zero attached hydrogens (tertiary/aromatic N) is 5. The van der Waals surface area contributed by atoms with Crippen LogP contribution < -0.4 is 16.2 Å². The molecule has 108 valence electrons. The van der Waals surface area contributed by atoms with Crippen molar-refractivity contribution in [2.24, 2.45) is 12.8 Å². The molecular formula is C13H20N6O. The van der Waals surface area contributed by atoms with E-state index >= 15 is 0 Å². The minimum atomic E-state index is -0.134. The number of aromatic nitrogens is 4. The lowest BCUT2D eigenvalue weighted by atomic mass is 10.3. The molecule has 2 rings (SSSR count). The van der Waals surface area contributed by atoms with Gasteiger partial charge in [0.1, 0.15) is 0 Å². The number of hydrogen-bond acceptors (Lipinski definition) is 5. The third-order valence-corrected chi connectivity index (χ3v) is 3.17. The first-order chi connectivity index (χ1) is 9.51. The smallest absolute Gasteiger partial charge is 0.269 e. The van der Waals surface area contributed by atoms with Crippen molar-refractivity contribution in [2.75, 3.05) is 25.0 Å². The second-order valence-electron chi connectivity index (χ2n) is 4.82. The van der Waals surface area contributed by atoms with Crippen LogP contribution in [0.5, 0.6) is 0 Å². The van der Waals surface area contributed by atoms with Gasteiger partial charge in [-0.2, -0.15) is 10.2 Å². The summed E-state index contributed by atoms with van der Waals surface area (Å²) in [5.41, 5.74) is 8.01. The molecule has 0 aliphatic carbocycles. The standard InChI is InChI=1S/C13H20N6O/c1-10-6-12(18(3)16-10)9-19-13(20)7-11(8-15-19)17(2)5-4-14/h6-8H,4-5,9,14H2,1-3H3. The van der Waals surface area contributed by atoms with Crippen molar-refractivity contribution in [1.82, 2.24) is 19.6 Å². The van der Waals surface area contributed by atoms with Gasteiger partial charge in [0.2, 0.25) is 0 Å². The molecule has 0 fully saturated rings. The Labute approximate surface area is 117 Å². The number of nitrogens with two attached hydrogens (primary N) is 1. The predicted octanol–water partition coefficient (Wildman–Crippen LogP) is -0.272. The minimum absolute atomic E-state index is 0.134. The van der Waals surface area contributed by atoms with E-state index in [1.165, 1.54) is 4.68 Å². The van der Waals surface area contributed by atoms with E-state index < -0.39 is 0 Å². The quantitative estimate of drug-likeness (QED) is 0.813. The Balaban J connectivity index is 2.22. The van der Waals surface area contributed by atoms with Crippen LogP contribution in [0.15, 0.2) is 23.1 Å². The van der Waals surface area contributed by atoms with Crippen LogP contribution in [0.2, 0.25) is 0 Å². The van der Waals surface area contributed by atoms with Crippen LogP contribution in [0, 0.1) is 6.92 Å². The molecule has 0 atom stereocenters. The van der Waals surface area contributed by atoms with E-state index in [1.54, 1.807) is 16.9 Å². The van der Waals surface area contributed by atoms with Crippen molar-refractivity contribution in [1.29, 1.82) is 0 Å². The van der Waals surface area contributed by atoms with E-state index in [9.17, 15) is 4.79 Å². The van der Waals surface area contributed by atoms with Crippen molar-refractivity contribution >= 4 is 5.69 Å². The first-order valence-corrected chi connectivity index (χ1v) is 6.49. The topological polar surface area (TPSA) is 82.0 Å². The van der Waals surface area contributed by atoms with Gasteiger partial charge in [0.25, 0.3) is 5.56 Å². The van der Waals surface area contributed by atoms with Crippen LogP contribution in [-0.2, 0) is 13.6 Å². The summed E-state index contributed by atoms with van der Waals surface area (Å²) in [4.78, 5) is 14.0. The molecule has 2 N–H and O–H groups in total. The van der Waals surface area contributed by atoms with Gasteiger partial charge in [-0.25, -0.2) is 4.68 Å². The molecule has 20 heavy (non-hydrogen) atoms. The van der Waals surface area contributed by atoms with Gasteiger partial charge in [-0.3, -0.25) is 9.48 Å². The molecule has 0 spiro atoms. The van der Waals surface area contributed by atoms with E-state index in [-0.39, 0.29) is 5.56 Å². The average molecular weight is 276 g/mol. The maximum atomic E-state index is 12.1. The first-order valence-electron chi connectivity index (χ1n) is 6.49. The Hall–Kier alpha value is -2.15. The summed E-state index contributed by atoms with van der Waals surface area (Å²) in [6.45, 7) is 3.56. The second-order valence-corrected chi connectivity index (χ2v) is 4.82. The molecule has 7 heteroatoms. The van der Waals surface area contributed by atoms with Crippen LogP contribution in [0.3, 0.4) is 0 Å². The van der Waals surface area contributed by atoms with Crippen LogP contribution in [0.1, 0.15) is 11.4 Å². The Morgan fingerprint density at radius 2 is 2.15 bits per heavy atom. The zero-order valence-electron chi connectivity index (χ0n) is 12.1. The first kappa shape index (κ1) is 14.3. The summed E-state index contributed by atoms with van der Waals surface area (Å²) < 4.78 is 3.19. The highest BCUT2D eigenvalue weighted by Gasteiger charge is 2.07. The van der Waals surface area contributed by atoms with Crippen LogP contribution in [0.25, 0.3) is 0 Å². The molecule has 2 heterocycles. The van der Waals surface area contributed by atoms with Crippen LogP contribution in [0.4, 0.5) is 5.69 Å². The van der Waals surface area contributed by atoms with E-state index in [1.807, 2.05) is 32.0 Å². The summed E-state index contributed by atoms with van der Waals surface area (Å²) in [7, 11) is 3.74.